The first-order valence-corrected chi connectivity index (χ1v) is 6.49. The van der Waals surface area contributed by atoms with Crippen LogP contribution < -0.4 is 4.72 Å². The molecule has 2 rings (SSSR count). The molecule has 0 spiro atoms. The van der Waals surface area contributed by atoms with Crippen LogP contribution in [0.25, 0.3) is 0 Å². The van der Waals surface area contributed by atoms with E-state index in [0.29, 0.717) is 13.2 Å². The molecule has 4 nitrogen and oxygen atoms in total. The van der Waals surface area contributed by atoms with Crippen molar-refractivity contribution in [2.24, 2.45) is 0 Å². The van der Waals surface area contributed by atoms with Crippen molar-refractivity contribution in [3.63, 3.8) is 0 Å². The van der Waals surface area contributed by atoms with E-state index in [9.17, 15) is 8.42 Å². The maximum Gasteiger partial charge on any atom is 0.219 e. The van der Waals surface area contributed by atoms with Gasteiger partial charge in [0.25, 0.3) is 0 Å². The van der Waals surface area contributed by atoms with Crippen molar-refractivity contribution in [1.29, 1.82) is 0 Å². The molecule has 0 amide bonds. The summed E-state index contributed by atoms with van der Waals surface area (Å²) in [5, 5.41) is -0.335. The van der Waals surface area contributed by atoms with Gasteiger partial charge in [-0.3, -0.25) is 0 Å². The summed E-state index contributed by atoms with van der Waals surface area (Å²) in [6.45, 7) is 0.678. The number of nitrogens with one attached hydrogen (secondary N) is 1. The van der Waals surface area contributed by atoms with Crippen LogP contribution in [0.3, 0.4) is 0 Å². The number of sulfonamides is 1. The van der Waals surface area contributed by atoms with Gasteiger partial charge in [-0.25, -0.2) is 13.1 Å². The van der Waals surface area contributed by atoms with E-state index in [1.54, 1.807) is 0 Å². The third-order valence-electron chi connectivity index (χ3n) is 2.62. The zero-order valence-electron chi connectivity index (χ0n) is 7.98. The maximum absolute atomic E-state index is 11.7. The first-order chi connectivity index (χ1) is 6.68. The molecule has 80 valence electrons. The fourth-order valence-electron chi connectivity index (χ4n) is 1.61. The predicted molar refractivity (Wildman–Crippen MR) is 53.4 cm³/mol. The van der Waals surface area contributed by atoms with E-state index >= 15 is 0 Å². The SMILES string of the molecule is O=S(=O)(N[C@@H]1C=CCCC1)C1COC1. The van der Waals surface area contributed by atoms with Crippen LogP contribution in [-0.2, 0) is 14.8 Å². The largest absolute Gasteiger partial charge is 0.378 e. The molecule has 1 N–H and O–H groups in total. The minimum Gasteiger partial charge on any atom is -0.378 e. The summed E-state index contributed by atoms with van der Waals surface area (Å²) >= 11 is 0. The van der Waals surface area contributed by atoms with Gasteiger partial charge in [-0.15, -0.1) is 0 Å². The summed E-state index contributed by atoms with van der Waals surface area (Å²) in [5.74, 6) is 0. The molecular weight excluding hydrogens is 202 g/mol. The number of allylic oxidation sites excluding steroid dienone is 1. The molecule has 1 aliphatic carbocycles. The van der Waals surface area contributed by atoms with Gasteiger partial charge < -0.3 is 4.74 Å². The standard InChI is InChI=1S/C9H15NO3S/c11-14(12,9-6-13-7-9)10-8-4-2-1-3-5-8/h2,4,8-10H,1,3,5-7H2/t8-/m1/s1. The van der Waals surface area contributed by atoms with Gasteiger partial charge in [-0.05, 0) is 19.3 Å². The highest BCUT2D eigenvalue weighted by Crippen LogP contribution is 2.15. The van der Waals surface area contributed by atoms with Crippen LogP contribution in [0.4, 0.5) is 0 Å². The summed E-state index contributed by atoms with van der Waals surface area (Å²) in [6.07, 6.45) is 7.01. The van der Waals surface area contributed by atoms with Crippen LogP contribution in [0, 0.1) is 0 Å². The normalized spacial score (nSPS) is 28.7. The minimum absolute atomic E-state index is 0.00523. The van der Waals surface area contributed by atoms with Crippen molar-refractivity contribution >= 4 is 10.0 Å². The van der Waals surface area contributed by atoms with Crippen molar-refractivity contribution in [3.8, 4) is 0 Å². The monoisotopic (exact) mass is 217 g/mol. The lowest BCUT2D eigenvalue weighted by Gasteiger charge is -2.28. The molecule has 0 bridgehead atoms. The average Bonchev–Trinajstić information content (AvgIpc) is 2.00. The Hall–Kier alpha value is -0.390. The molecule has 1 fully saturated rings. The average molecular weight is 217 g/mol. The van der Waals surface area contributed by atoms with Crippen LogP contribution in [-0.4, -0.2) is 32.9 Å². The Balaban J connectivity index is 1.94. The zero-order valence-corrected chi connectivity index (χ0v) is 8.79. The molecule has 0 saturated carbocycles. The molecule has 2 aliphatic rings. The Bertz CT molecular complexity index is 319. The third-order valence-corrected chi connectivity index (χ3v) is 4.40. The molecule has 0 aromatic carbocycles. The van der Waals surface area contributed by atoms with Crippen LogP contribution in [0.1, 0.15) is 19.3 Å². The fourth-order valence-corrected chi connectivity index (χ4v) is 2.97. The highest BCUT2D eigenvalue weighted by atomic mass is 32.2. The summed E-state index contributed by atoms with van der Waals surface area (Å²) < 4.78 is 30.9. The van der Waals surface area contributed by atoms with Gasteiger partial charge in [-0.1, -0.05) is 12.2 Å². The Labute approximate surface area is 84.4 Å². The van der Waals surface area contributed by atoms with Gasteiger partial charge in [-0.2, -0.15) is 0 Å². The molecule has 14 heavy (non-hydrogen) atoms. The minimum atomic E-state index is -3.15. The Morgan fingerprint density at radius 2 is 2.14 bits per heavy atom. The third kappa shape index (κ3) is 2.16. The lowest BCUT2D eigenvalue weighted by Crippen LogP contribution is -2.49. The first-order valence-electron chi connectivity index (χ1n) is 4.94. The van der Waals surface area contributed by atoms with E-state index in [4.69, 9.17) is 4.74 Å². The van der Waals surface area contributed by atoms with Crippen LogP contribution >= 0.6 is 0 Å². The zero-order chi connectivity index (χ0) is 10.0. The molecule has 1 heterocycles. The quantitative estimate of drug-likeness (QED) is 0.697. The highest BCUT2D eigenvalue weighted by molar-refractivity contribution is 7.90. The van der Waals surface area contributed by atoms with Gasteiger partial charge in [0.1, 0.15) is 5.25 Å². The molecular formula is C9H15NO3S. The maximum atomic E-state index is 11.7. The number of hydrogen-bond donors (Lipinski definition) is 1. The molecule has 5 heteroatoms. The van der Waals surface area contributed by atoms with E-state index in [2.05, 4.69) is 4.72 Å². The lowest BCUT2D eigenvalue weighted by molar-refractivity contribution is 0.0410. The van der Waals surface area contributed by atoms with Crippen molar-refractivity contribution < 1.29 is 13.2 Å². The van der Waals surface area contributed by atoms with Gasteiger partial charge in [0.15, 0.2) is 0 Å². The van der Waals surface area contributed by atoms with Gasteiger partial charge >= 0.3 is 0 Å². The summed E-state index contributed by atoms with van der Waals surface area (Å²) in [5.41, 5.74) is 0. The van der Waals surface area contributed by atoms with Gasteiger partial charge in [0.2, 0.25) is 10.0 Å². The summed E-state index contributed by atoms with van der Waals surface area (Å²) in [4.78, 5) is 0. The van der Waals surface area contributed by atoms with Crippen LogP contribution in [0.15, 0.2) is 12.2 Å². The van der Waals surface area contributed by atoms with Crippen molar-refractivity contribution in [2.75, 3.05) is 13.2 Å². The molecule has 0 unspecified atom stereocenters. The number of rotatable bonds is 3. The molecule has 1 saturated heterocycles. The fraction of sp³-hybridized carbons (Fsp3) is 0.778. The summed E-state index contributed by atoms with van der Waals surface area (Å²) in [6, 6.07) is -0.00523. The summed E-state index contributed by atoms with van der Waals surface area (Å²) in [7, 11) is -3.15. The first kappa shape index (κ1) is 10.1. The Morgan fingerprint density at radius 3 is 2.64 bits per heavy atom. The molecule has 1 aliphatic heterocycles. The molecule has 0 aromatic rings. The molecule has 1 atom stereocenters. The van der Waals surface area contributed by atoms with E-state index < -0.39 is 10.0 Å². The van der Waals surface area contributed by atoms with Gasteiger partial charge in [0, 0.05) is 6.04 Å². The highest BCUT2D eigenvalue weighted by Gasteiger charge is 2.33. The number of hydrogen-bond acceptors (Lipinski definition) is 3. The van der Waals surface area contributed by atoms with E-state index in [1.165, 1.54) is 0 Å². The number of ether oxygens (including phenoxy) is 1. The van der Waals surface area contributed by atoms with E-state index in [-0.39, 0.29) is 11.3 Å². The van der Waals surface area contributed by atoms with E-state index in [0.717, 1.165) is 19.3 Å². The van der Waals surface area contributed by atoms with Crippen molar-refractivity contribution in [2.45, 2.75) is 30.6 Å². The van der Waals surface area contributed by atoms with Crippen LogP contribution in [0.5, 0.6) is 0 Å². The molecule has 0 aromatic heterocycles. The second-order valence-electron chi connectivity index (χ2n) is 3.79. The Kier molecular flexibility index (Phi) is 2.90. The Morgan fingerprint density at radius 1 is 1.36 bits per heavy atom. The second kappa shape index (κ2) is 4.00. The lowest BCUT2D eigenvalue weighted by atomic mass is 10.0. The topological polar surface area (TPSA) is 55.4 Å². The van der Waals surface area contributed by atoms with Gasteiger partial charge in [0.05, 0.1) is 13.2 Å². The molecule has 0 radical (unpaired) electrons. The van der Waals surface area contributed by atoms with E-state index in [1.807, 2.05) is 12.2 Å². The predicted octanol–water partition coefficient (Wildman–Crippen LogP) is 0.413. The smallest absolute Gasteiger partial charge is 0.219 e. The van der Waals surface area contributed by atoms with Crippen molar-refractivity contribution in [1.82, 2.24) is 4.72 Å². The van der Waals surface area contributed by atoms with Crippen LogP contribution in [0.2, 0.25) is 0 Å². The second-order valence-corrected chi connectivity index (χ2v) is 5.78. The van der Waals surface area contributed by atoms with Crippen molar-refractivity contribution in [3.05, 3.63) is 12.2 Å².